The summed E-state index contributed by atoms with van der Waals surface area (Å²) in [6.07, 6.45) is 5.40. The fraction of sp³-hybridized carbons (Fsp3) is 0.364. The summed E-state index contributed by atoms with van der Waals surface area (Å²) in [5.41, 5.74) is 1.60. The van der Waals surface area contributed by atoms with E-state index >= 15 is 0 Å². The molecule has 0 aliphatic heterocycles. The van der Waals surface area contributed by atoms with Gasteiger partial charge in [-0.05, 0) is 56.2 Å². The summed E-state index contributed by atoms with van der Waals surface area (Å²) in [6.45, 7) is 1.55. The highest BCUT2D eigenvalue weighted by atomic mass is 32.2. The molecule has 0 spiro atoms. The van der Waals surface area contributed by atoms with Crippen molar-refractivity contribution in [2.24, 2.45) is 0 Å². The summed E-state index contributed by atoms with van der Waals surface area (Å²) >= 11 is 0. The van der Waals surface area contributed by atoms with Gasteiger partial charge in [-0.1, -0.05) is 31.4 Å². The Morgan fingerprint density at radius 2 is 1.60 bits per heavy atom. The second kappa shape index (κ2) is 9.75. The van der Waals surface area contributed by atoms with E-state index in [0.29, 0.717) is 22.5 Å². The van der Waals surface area contributed by atoms with Gasteiger partial charge in [0, 0.05) is 17.3 Å². The van der Waals surface area contributed by atoms with Crippen LogP contribution in [0.3, 0.4) is 0 Å². The van der Waals surface area contributed by atoms with Gasteiger partial charge in [0.05, 0.1) is 17.0 Å². The van der Waals surface area contributed by atoms with Crippen molar-refractivity contribution < 1.29 is 18.0 Å². The molecule has 0 atom stereocenters. The van der Waals surface area contributed by atoms with Crippen molar-refractivity contribution in [1.29, 1.82) is 0 Å². The summed E-state index contributed by atoms with van der Waals surface area (Å²) in [5, 5.41) is 5.85. The molecule has 1 fully saturated rings. The molecule has 3 N–H and O–H groups in total. The van der Waals surface area contributed by atoms with Crippen LogP contribution in [0.15, 0.2) is 48.5 Å². The van der Waals surface area contributed by atoms with Crippen LogP contribution in [0.2, 0.25) is 0 Å². The third-order valence-electron chi connectivity index (χ3n) is 5.16. The molecule has 2 aromatic rings. The summed E-state index contributed by atoms with van der Waals surface area (Å²) in [5.74, 6) is -0.602. The van der Waals surface area contributed by atoms with Crippen molar-refractivity contribution in [3.05, 3.63) is 59.7 Å². The molecule has 1 aliphatic rings. The van der Waals surface area contributed by atoms with Crippen molar-refractivity contribution in [1.82, 2.24) is 5.32 Å². The first-order valence-electron chi connectivity index (χ1n) is 10.2. The number of sulfonamides is 1. The number of hydrogen-bond acceptors (Lipinski definition) is 4. The first-order valence-corrected chi connectivity index (χ1v) is 11.8. The fourth-order valence-corrected chi connectivity index (χ4v) is 4.08. The summed E-state index contributed by atoms with van der Waals surface area (Å²) in [4.78, 5) is 25.4. The summed E-state index contributed by atoms with van der Waals surface area (Å²) < 4.78 is 25.7. The molecule has 3 rings (SSSR count). The molecule has 0 heterocycles. The van der Waals surface area contributed by atoms with E-state index in [1.165, 1.54) is 30.7 Å². The number of benzene rings is 2. The van der Waals surface area contributed by atoms with E-state index in [2.05, 4.69) is 15.4 Å². The van der Waals surface area contributed by atoms with Gasteiger partial charge in [-0.2, -0.15) is 0 Å². The average molecular weight is 430 g/mol. The predicted molar refractivity (Wildman–Crippen MR) is 118 cm³/mol. The number of hydrogen-bond donors (Lipinski definition) is 3. The Balaban J connectivity index is 1.68. The van der Waals surface area contributed by atoms with Crippen LogP contribution in [0.1, 0.15) is 59.7 Å². The highest BCUT2D eigenvalue weighted by Crippen LogP contribution is 2.21. The van der Waals surface area contributed by atoms with Crippen LogP contribution >= 0.6 is 0 Å². The average Bonchev–Trinajstić information content (AvgIpc) is 2.75. The number of carbonyl (C=O) groups excluding carboxylic acids is 2. The smallest absolute Gasteiger partial charge is 0.255 e. The topological polar surface area (TPSA) is 104 Å². The van der Waals surface area contributed by atoms with Crippen molar-refractivity contribution in [3.63, 3.8) is 0 Å². The highest BCUT2D eigenvalue weighted by Gasteiger charge is 2.19. The number of carbonyl (C=O) groups is 2. The molecular weight excluding hydrogens is 402 g/mol. The minimum atomic E-state index is -3.38. The van der Waals surface area contributed by atoms with Gasteiger partial charge >= 0.3 is 0 Å². The molecule has 1 aliphatic carbocycles. The van der Waals surface area contributed by atoms with E-state index in [1.807, 2.05) is 0 Å². The minimum Gasteiger partial charge on any atom is -0.349 e. The van der Waals surface area contributed by atoms with E-state index in [9.17, 15) is 18.0 Å². The molecule has 0 radical (unpaired) electrons. The van der Waals surface area contributed by atoms with Crippen LogP contribution in [0.25, 0.3) is 0 Å². The Kier molecular flexibility index (Phi) is 7.10. The maximum Gasteiger partial charge on any atom is 0.255 e. The van der Waals surface area contributed by atoms with Crippen molar-refractivity contribution in [2.45, 2.75) is 45.1 Å². The van der Waals surface area contributed by atoms with Gasteiger partial charge in [0.1, 0.15) is 0 Å². The molecule has 0 saturated heterocycles. The van der Waals surface area contributed by atoms with E-state index in [4.69, 9.17) is 0 Å². The molecule has 2 aromatic carbocycles. The molecular formula is C22H27N3O4S. The summed E-state index contributed by atoms with van der Waals surface area (Å²) in [7, 11) is -3.38. The van der Waals surface area contributed by atoms with E-state index in [-0.39, 0.29) is 23.6 Å². The highest BCUT2D eigenvalue weighted by molar-refractivity contribution is 7.92. The second-order valence-electron chi connectivity index (χ2n) is 7.39. The lowest BCUT2D eigenvalue weighted by atomic mass is 9.95. The maximum absolute atomic E-state index is 12.7. The van der Waals surface area contributed by atoms with E-state index < -0.39 is 10.0 Å². The third kappa shape index (κ3) is 5.82. The molecule has 7 nitrogen and oxygen atoms in total. The number of rotatable bonds is 7. The van der Waals surface area contributed by atoms with Crippen molar-refractivity contribution in [3.8, 4) is 0 Å². The second-order valence-corrected chi connectivity index (χ2v) is 9.40. The van der Waals surface area contributed by atoms with Crippen LogP contribution in [0.5, 0.6) is 0 Å². The largest absolute Gasteiger partial charge is 0.349 e. The number of para-hydroxylation sites is 1. The van der Waals surface area contributed by atoms with Crippen molar-refractivity contribution >= 4 is 33.2 Å². The van der Waals surface area contributed by atoms with Gasteiger partial charge in [0.2, 0.25) is 10.0 Å². The van der Waals surface area contributed by atoms with E-state index in [0.717, 1.165) is 25.7 Å². The van der Waals surface area contributed by atoms with Gasteiger partial charge in [-0.3, -0.25) is 14.3 Å². The first-order chi connectivity index (χ1) is 14.4. The van der Waals surface area contributed by atoms with Gasteiger partial charge in [-0.15, -0.1) is 0 Å². The number of amides is 2. The van der Waals surface area contributed by atoms with Crippen LogP contribution < -0.4 is 15.4 Å². The Bertz CT molecular complexity index is 997. The Morgan fingerprint density at radius 3 is 2.27 bits per heavy atom. The quantitative estimate of drug-likeness (QED) is 0.623. The lowest BCUT2D eigenvalue weighted by Crippen LogP contribution is -2.36. The molecule has 1 saturated carbocycles. The van der Waals surface area contributed by atoms with Gasteiger partial charge in [0.15, 0.2) is 0 Å². The lowest BCUT2D eigenvalue weighted by Gasteiger charge is -2.23. The molecule has 30 heavy (non-hydrogen) atoms. The summed E-state index contributed by atoms with van der Waals surface area (Å²) in [6, 6.07) is 13.2. The van der Waals surface area contributed by atoms with Crippen LogP contribution in [0.4, 0.5) is 11.4 Å². The van der Waals surface area contributed by atoms with Crippen molar-refractivity contribution in [2.75, 3.05) is 15.8 Å². The monoisotopic (exact) mass is 429 g/mol. The molecule has 0 unspecified atom stereocenters. The minimum absolute atomic E-state index is 0.0328. The van der Waals surface area contributed by atoms with Crippen LogP contribution in [0, 0.1) is 0 Å². The Morgan fingerprint density at radius 1 is 0.933 bits per heavy atom. The molecule has 2 amide bonds. The zero-order valence-corrected chi connectivity index (χ0v) is 17.8. The Hall–Kier alpha value is -2.87. The van der Waals surface area contributed by atoms with Crippen LogP contribution in [-0.2, 0) is 10.0 Å². The number of anilines is 2. The molecule has 160 valence electrons. The normalized spacial score (nSPS) is 14.7. The predicted octanol–water partition coefficient (Wildman–Crippen LogP) is 3.76. The molecule has 8 heteroatoms. The first kappa shape index (κ1) is 21.8. The molecule has 0 bridgehead atoms. The lowest BCUT2D eigenvalue weighted by molar-refractivity contribution is 0.0928. The zero-order chi connectivity index (χ0) is 21.6. The Labute approximate surface area is 177 Å². The number of nitrogens with one attached hydrogen (secondary N) is 3. The third-order valence-corrected chi connectivity index (χ3v) is 6.47. The maximum atomic E-state index is 12.7. The van der Waals surface area contributed by atoms with Gasteiger partial charge in [-0.25, -0.2) is 8.42 Å². The zero-order valence-electron chi connectivity index (χ0n) is 17.0. The standard InChI is InChI=1S/C22H27N3O4S/c1-2-30(28,29)25-18-14-12-16(13-15-18)21(26)24-20-11-7-6-10-19(20)22(27)23-17-8-4-3-5-9-17/h6-7,10-15,17,25H,2-5,8-9H2,1H3,(H,23,27)(H,24,26). The van der Waals surface area contributed by atoms with Crippen LogP contribution in [-0.4, -0.2) is 32.0 Å². The van der Waals surface area contributed by atoms with Gasteiger partial charge < -0.3 is 10.6 Å². The van der Waals surface area contributed by atoms with Gasteiger partial charge in [0.25, 0.3) is 11.8 Å². The molecule has 0 aromatic heterocycles. The SMILES string of the molecule is CCS(=O)(=O)Nc1ccc(C(=O)Nc2ccccc2C(=O)NC2CCCCC2)cc1. The van der Waals surface area contributed by atoms with E-state index in [1.54, 1.807) is 31.2 Å². The fourth-order valence-electron chi connectivity index (χ4n) is 3.44.